The standard InChI is InChI=1S/C7H13O8P/c8-3-2(1-16(13,14)15)4(9)6(11)7(12)5(3)10/h2-3,5-8,10-12H,1H2,(H2,13,14,15)/t2-,3-,5+,6-,7-/m1/s1. The van der Waals surface area contributed by atoms with E-state index in [2.05, 4.69) is 0 Å². The highest BCUT2D eigenvalue weighted by atomic mass is 31.2. The van der Waals surface area contributed by atoms with E-state index in [0.29, 0.717) is 0 Å². The Balaban J connectivity index is 2.91. The molecule has 0 radical (unpaired) electrons. The lowest BCUT2D eigenvalue weighted by Crippen LogP contribution is -2.59. The van der Waals surface area contributed by atoms with Crippen LogP contribution in [0.15, 0.2) is 0 Å². The van der Waals surface area contributed by atoms with Gasteiger partial charge in [-0.1, -0.05) is 0 Å². The third-order valence-electron chi connectivity index (χ3n) is 2.53. The summed E-state index contributed by atoms with van der Waals surface area (Å²) in [5.41, 5.74) is 0. The maximum atomic E-state index is 11.3. The van der Waals surface area contributed by atoms with Crippen molar-refractivity contribution < 1.29 is 39.6 Å². The van der Waals surface area contributed by atoms with Crippen LogP contribution in [0.3, 0.4) is 0 Å². The van der Waals surface area contributed by atoms with Crippen LogP contribution in [0.4, 0.5) is 0 Å². The van der Waals surface area contributed by atoms with Crippen LogP contribution in [0.25, 0.3) is 0 Å². The molecule has 1 fully saturated rings. The molecule has 9 heteroatoms. The molecule has 16 heavy (non-hydrogen) atoms. The van der Waals surface area contributed by atoms with E-state index < -0.39 is 49.9 Å². The molecular formula is C7H13O8P. The molecule has 5 atom stereocenters. The SMILES string of the molecule is O=C1[C@@H](O)[C@H](O)[C@@H](O)[C@H](O)[C@H]1CP(=O)(O)O. The highest BCUT2D eigenvalue weighted by molar-refractivity contribution is 7.51. The molecule has 1 aliphatic rings. The van der Waals surface area contributed by atoms with Crippen molar-refractivity contribution in [3.05, 3.63) is 0 Å². The Morgan fingerprint density at radius 2 is 1.50 bits per heavy atom. The molecule has 1 rings (SSSR count). The van der Waals surface area contributed by atoms with Crippen LogP contribution in [0.1, 0.15) is 0 Å². The quantitative estimate of drug-likeness (QED) is 0.282. The van der Waals surface area contributed by atoms with Crippen molar-refractivity contribution in [3.63, 3.8) is 0 Å². The van der Waals surface area contributed by atoms with Gasteiger partial charge >= 0.3 is 7.60 Å². The first-order valence-electron chi connectivity index (χ1n) is 4.45. The smallest absolute Gasteiger partial charge is 0.326 e. The summed E-state index contributed by atoms with van der Waals surface area (Å²) in [6, 6.07) is 0. The molecule has 8 nitrogen and oxygen atoms in total. The number of aliphatic hydroxyl groups excluding tert-OH is 4. The zero-order chi connectivity index (χ0) is 12.7. The Morgan fingerprint density at radius 3 is 1.94 bits per heavy atom. The van der Waals surface area contributed by atoms with Crippen LogP contribution in [0, 0.1) is 5.92 Å². The van der Waals surface area contributed by atoms with E-state index >= 15 is 0 Å². The summed E-state index contributed by atoms with van der Waals surface area (Å²) in [6.45, 7) is 0. The highest BCUT2D eigenvalue weighted by Crippen LogP contribution is 2.40. The van der Waals surface area contributed by atoms with E-state index in [1.807, 2.05) is 0 Å². The van der Waals surface area contributed by atoms with Gasteiger partial charge < -0.3 is 30.2 Å². The monoisotopic (exact) mass is 256 g/mol. The van der Waals surface area contributed by atoms with Gasteiger partial charge in [0, 0.05) is 0 Å². The summed E-state index contributed by atoms with van der Waals surface area (Å²) in [6.07, 6.45) is -8.40. The molecule has 0 unspecified atom stereocenters. The number of aliphatic hydroxyl groups is 4. The second-order valence-corrected chi connectivity index (χ2v) is 5.47. The van der Waals surface area contributed by atoms with Crippen LogP contribution in [-0.2, 0) is 9.36 Å². The van der Waals surface area contributed by atoms with Crippen LogP contribution >= 0.6 is 7.60 Å². The number of Topliss-reactive ketones (excluding diaryl/α,β-unsaturated/α-hetero) is 1. The Labute approximate surface area is 90.3 Å². The predicted molar refractivity (Wildman–Crippen MR) is 49.4 cm³/mol. The second-order valence-electron chi connectivity index (χ2n) is 3.77. The van der Waals surface area contributed by atoms with Crippen LogP contribution in [-0.4, -0.2) is 66.6 Å². The van der Waals surface area contributed by atoms with Gasteiger partial charge in [0.15, 0.2) is 5.78 Å². The maximum Gasteiger partial charge on any atom is 0.326 e. The number of hydrogen-bond donors (Lipinski definition) is 6. The summed E-state index contributed by atoms with van der Waals surface area (Å²) in [5, 5.41) is 36.9. The molecule has 0 amide bonds. The van der Waals surface area contributed by atoms with Gasteiger partial charge in [0.2, 0.25) is 0 Å². The molecule has 0 aromatic carbocycles. The lowest BCUT2D eigenvalue weighted by Gasteiger charge is -2.36. The van der Waals surface area contributed by atoms with Crippen molar-refractivity contribution in [1.82, 2.24) is 0 Å². The number of hydrogen-bond acceptors (Lipinski definition) is 6. The predicted octanol–water partition coefficient (Wildman–Crippen LogP) is -3.19. The van der Waals surface area contributed by atoms with E-state index in [9.17, 15) is 24.7 Å². The molecule has 0 aliphatic heterocycles. The Morgan fingerprint density at radius 1 is 1.00 bits per heavy atom. The number of ketones is 1. The summed E-state index contributed by atoms with van der Waals surface area (Å²) < 4.78 is 10.7. The topological polar surface area (TPSA) is 156 Å². The van der Waals surface area contributed by atoms with E-state index in [0.717, 1.165) is 0 Å². The molecule has 94 valence electrons. The Kier molecular flexibility index (Phi) is 3.86. The molecule has 1 saturated carbocycles. The number of carbonyl (C=O) groups excluding carboxylic acids is 1. The Bertz CT molecular complexity index is 324. The van der Waals surface area contributed by atoms with Crippen molar-refractivity contribution >= 4 is 13.4 Å². The third-order valence-corrected chi connectivity index (χ3v) is 3.40. The minimum absolute atomic E-state index is 0.978. The fourth-order valence-electron chi connectivity index (χ4n) is 1.64. The van der Waals surface area contributed by atoms with Gasteiger partial charge in [-0.2, -0.15) is 0 Å². The first-order valence-corrected chi connectivity index (χ1v) is 6.25. The fraction of sp³-hybridized carbons (Fsp3) is 0.857. The first-order chi connectivity index (χ1) is 7.15. The zero-order valence-electron chi connectivity index (χ0n) is 8.04. The van der Waals surface area contributed by atoms with Crippen LogP contribution < -0.4 is 0 Å². The van der Waals surface area contributed by atoms with E-state index in [1.165, 1.54) is 0 Å². The van der Waals surface area contributed by atoms with Gasteiger partial charge in [-0.05, 0) is 0 Å². The summed E-state index contributed by atoms with van der Waals surface area (Å²) in [5.74, 6) is -2.68. The molecule has 1 aliphatic carbocycles. The van der Waals surface area contributed by atoms with Crippen molar-refractivity contribution in [3.8, 4) is 0 Å². The summed E-state index contributed by atoms with van der Waals surface area (Å²) in [4.78, 5) is 28.7. The molecule has 0 aromatic heterocycles. The normalized spacial score (nSPS) is 41.1. The molecule has 0 bridgehead atoms. The summed E-state index contributed by atoms with van der Waals surface area (Å²) >= 11 is 0. The van der Waals surface area contributed by atoms with Gasteiger partial charge in [-0.15, -0.1) is 0 Å². The molecule has 0 aromatic rings. The lowest BCUT2D eigenvalue weighted by molar-refractivity contribution is -0.172. The van der Waals surface area contributed by atoms with Crippen molar-refractivity contribution in [2.75, 3.05) is 6.16 Å². The largest absolute Gasteiger partial charge is 0.390 e. The fourth-order valence-corrected chi connectivity index (χ4v) is 2.55. The van der Waals surface area contributed by atoms with Gasteiger partial charge in [-0.25, -0.2) is 0 Å². The number of carbonyl (C=O) groups is 1. The summed E-state index contributed by atoms with van der Waals surface area (Å²) in [7, 11) is -4.57. The molecule has 6 N–H and O–H groups in total. The van der Waals surface area contributed by atoms with Crippen molar-refractivity contribution in [2.45, 2.75) is 24.4 Å². The van der Waals surface area contributed by atoms with E-state index in [4.69, 9.17) is 14.9 Å². The average Bonchev–Trinajstić information content (AvgIpc) is 2.17. The zero-order valence-corrected chi connectivity index (χ0v) is 8.94. The van der Waals surface area contributed by atoms with Gasteiger partial charge in [0.25, 0.3) is 0 Å². The Hall–Kier alpha value is -0.340. The molecule has 0 spiro atoms. The van der Waals surface area contributed by atoms with E-state index in [-0.39, 0.29) is 0 Å². The van der Waals surface area contributed by atoms with Gasteiger partial charge in [0.1, 0.15) is 18.3 Å². The average molecular weight is 256 g/mol. The van der Waals surface area contributed by atoms with Crippen LogP contribution in [0.2, 0.25) is 0 Å². The second kappa shape index (κ2) is 4.50. The molecular weight excluding hydrogens is 243 g/mol. The molecule has 0 saturated heterocycles. The minimum Gasteiger partial charge on any atom is -0.390 e. The minimum atomic E-state index is -4.57. The van der Waals surface area contributed by atoms with Crippen molar-refractivity contribution in [1.29, 1.82) is 0 Å². The highest BCUT2D eigenvalue weighted by Gasteiger charge is 2.49. The first kappa shape index (κ1) is 13.7. The third kappa shape index (κ3) is 2.67. The van der Waals surface area contributed by atoms with Gasteiger partial charge in [-0.3, -0.25) is 9.36 Å². The maximum absolute atomic E-state index is 11.3. The lowest BCUT2D eigenvalue weighted by atomic mass is 9.81. The van der Waals surface area contributed by atoms with Crippen LogP contribution in [0.5, 0.6) is 0 Å². The van der Waals surface area contributed by atoms with Crippen molar-refractivity contribution in [2.24, 2.45) is 5.92 Å². The van der Waals surface area contributed by atoms with E-state index in [1.54, 1.807) is 0 Å². The molecule has 0 heterocycles. The van der Waals surface area contributed by atoms with Gasteiger partial charge in [0.05, 0.1) is 18.2 Å². The number of rotatable bonds is 2.